The summed E-state index contributed by atoms with van der Waals surface area (Å²) in [6, 6.07) is 0. The van der Waals surface area contributed by atoms with Crippen molar-refractivity contribution in [2.75, 3.05) is 0 Å². The predicted molar refractivity (Wildman–Crippen MR) is 154 cm³/mol. The second-order valence-electron chi connectivity index (χ2n) is 12.3. The molecule has 2 N–H and O–H groups in total. The summed E-state index contributed by atoms with van der Waals surface area (Å²) in [7, 11) is 0. The first kappa shape index (κ1) is 35.0. The molecule has 2 fully saturated rings. The molecule has 0 bridgehead atoms. The van der Waals surface area contributed by atoms with Gasteiger partial charge < -0.3 is 33.9 Å². The molecule has 1 unspecified atom stereocenters. The van der Waals surface area contributed by atoms with Crippen molar-refractivity contribution in [2.45, 2.75) is 123 Å². The van der Waals surface area contributed by atoms with Crippen LogP contribution < -0.4 is 0 Å². The normalized spacial score (nSPS) is 36.0. The zero-order valence-corrected chi connectivity index (χ0v) is 27.0. The van der Waals surface area contributed by atoms with E-state index >= 15 is 0 Å². The monoisotopic (exact) mass is 620 g/mol. The zero-order valence-electron chi connectivity index (χ0n) is 27.0. The minimum Gasteiger partial charge on any atom is -0.459 e. The molecular formula is C32H44O12. The first-order valence-electron chi connectivity index (χ1n) is 14.8. The Morgan fingerprint density at radius 2 is 1.55 bits per heavy atom. The molecule has 244 valence electrons. The topological polar surface area (TPSA) is 172 Å². The third-order valence-corrected chi connectivity index (χ3v) is 9.31. The Labute approximate surface area is 257 Å². The number of ether oxygens (including phenoxy) is 5. The lowest BCUT2D eigenvalue weighted by molar-refractivity contribution is -0.213. The highest BCUT2D eigenvalue weighted by atomic mass is 16.6. The van der Waals surface area contributed by atoms with Crippen LogP contribution in [0, 0.1) is 11.8 Å². The van der Waals surface area contributed by atoms with Gasteiger partial charge in [0, 0.05) is 24.5 Å². The minimum atomic E-state index is -2.60. The van der Waals surface area contributed by atoms with Gasteiger partial charge in [0.1, 0.15) is 11.7 Å². The van der Waals surface area contributed by atoms with E-state index < -0.39 is 89.3 Å². The Hall–Kier alpha value is -3.51. The maximum atomic E-state index is 13.2. The Morgan fingerprint density at radius 3 is 2.05 bits per heavy atom. The molecule has 2 aliphatic carbocycles. The van der Waals surface area contributed by atoms with Crippen LogP contribution in [0.25, 0.3) is 0 Å². The van der Waals surface area contributed by atoms with Crippen LogP contribution in [0.1, 0.15) is 82.1 Å². The maximum Gasteiger partial charge on any atom is 0.341 e. The number of hydrogen-bond donors (Lipinski definition) is 2. The highest BCUT2D eigenvalue weighted by Gasteiger charge is 2.76. The molecule has 1 heterocycles. The molecule has 0 amide bonds. The maximum absolute atomic E-state index is 13.2. The quantitative estimate of drug-likeness (QED) is 0.176. The number of rotatable bonds is 8. The molecule has 0 spiro atoms. The Kier molecular flexibility index (Phi) is 9.91. The average Bonchev–Trinajstić information content (AvgIpc) is 3.29. The van der Waals surface area contributed by atoms with Crippen molar-refractivity contribution in [3.8, 4) is 0 Å². The zero-order chi connectivity index (χ0) is 33.5. The predicted octanol–water partition coefficient (Wildman–Crippen LogP) is 2.78. The van der Waals surface area contributed by atoms with Gasteiger partial charge in [0.2, 0.25) is 0 Å². The summed E-state index contributed by atoms with van der Waals surface area (Å²) in [5.74, 6) is -5.93. The van der Waals surface area contributed by atoms with Crippen molar-refractivity contribution in [2.24, 2.45) is 11.8 Å². The average molecular weight is 621 g/mol. The summed E-state index contributed by atoms with van der Waals surface area (Å²) < 4.78 is 29.2. The molecule has 12 heteroatoms. The van der Waals surface area contributed by atoms with Gasteiger partial charge in [-0.15, -0.1) is 0 Å². The lowest BCUT2D eigenvalue weighted by atomic mass is 9.75. The summed E-state index contributed by atoms with van der Waals surface area (Å²) in [6.45, 7) is 15.0. The van der Waals surface area contributed by atoms with E-state index in [-0.39, 0.29) is 22.3 Å². The minimum absolute atomic E-state index is 0.108. The standard InChI is InChI=1S/C32H44O12/c1-11-15(4)26(34)40-20-14-30(9,44-19(8)33)22-21(25-32(20,39)31(10,38)29(37)43-25)18(7)23(41-27(35)16(5)12-2)24(22)42-28(36)17(6)13-3/h12-13,15,20,22-25,38-39H,11,14H2,1-10H3/b16-12-,17-13-/t15?,20-,22+,23-,24-,25-,30-,31+,32+/m0/s1. The molecule has 1 aliphatic heterocycles. The van der Waals surface area contributed by atoms with Gasteiger partial charge >= 0.3 is 29.8 Å². The van der Waals surface area contributed by atoms with E-state index in [1.807, 2.05) is 0 Å². The van der Waals surface area contributed by atoms with Crippen molar-refractivity contribution in [3.05, 3.63) is 34.4 Å². The molecule has 44 heavy (non-hydrogen) atoms. The van der Waals surface area contributed by atoms with Gasteiger partial charge in [0.05, 0.1) is 11.8 Å². The molecule has 0 aromatic rings. The third kappa shape index (κ3) is 5.69. The van der Waals surface area contributed by atoms with E-state index in [0.29, 0.717) is 6.42 Å². The van der Waals surface area contributed by atoms with Crippen LogP contribution in [-0.4, -0.2) is 81.3 Å². The SMILES string of the molecule is C/C=C(/C)C(=O)O[C@H]1[C@H]2C(=C(C)[C@@H]1OC(=O)/C(C)=C\C)[C@@H]1OC(=O)[C@@](C)(O)[C@@]1(O)[C@@H](OC(=O)C(C)CC)C[C@]2(C)OC(C)=O. The lowest BCUT2D eigenvalue weighted by Gasteiger charge is -2.42. The fourth-order valence-corrected chi connectivity index (χ4v) is 6.15. The van der Waals surface area contributed by atoms with Crippen LogP contribution in [0.4, 0.5) is 0 Å². The van der Waals surface area contributed by atoms with Gasteiger partial charge in [-0.2, -0.15) is 0 Å². The third-order valence-electron chi connectivity index (χ3n) is 9.31. The number of fused-ring (bicyclic) bond motifs is 3. The summed E-state index contributed by atoms with van der Waals surface area (Å²) in [5, 5.41) is 23.9. The molecule has 1 saturated carbocycles. The van der Waals surface area contributed by atoms with Crippen LogP contribution in [0.5, 0.6) is 0 Å². The largest absolute Gasteiger partial charge is 0.459 e. The molecule has 0 aromatic carbocycles. The number of allylic oxidation sites excluding steroid dienone is 2. The van der Waals surface area contributed by atoms with Crippen molar-refractivity contribution in [1.29, 1.82) is 0 Å². The van der Waals surface area contributed by atoms with Crippen molar-refractivity contribution >= 4 is 29.8 Å². The second-order valence-corrected chi connectivity index (χ2v) is 12.3. The first-order chi connectivity index (χ1) is 20.3. The summed E-state index contributed by atoms with van der Waals surface area (Å²) in [5.41, 5.74) is -6.05. The fraction of sp³-hybridized carbons (Fsp3) is 0.656. The molecule has 9 atom stereocenters. The Morgan fingerprint density at radius 1 is 1.00 bits per heavy atom. The van der Waals surface area contributed by atoms with Crippen molar-refractivity contribution < 1.29 is 57.9 Å². The van der Waals surface area contributed by atoms with Crippen LogP contribution >= 0.6 is 0 Å². The van der Waals surface area contributed by atoms with Gasteiger partial charge in [0.15, 0.2) is 29.5 Å². The summed E-state index contributed by atoms with van der Waals surface area (Å²) in [6.07, 6.45) is -2.90. The number of carbonyl (C=O) groups is 5. The van der Waals surface area contributed by atoms with E-state index in [1.165, 1.54) is 32.9 Å². The molecule has 0 aromatic heterocycles. The highest BCUT2D eigenvalue weighted by Crippen LogP contribution is 2.57. The summed E-state index contributed by atoms with van der Waals surface area (Å²) >= 11 is 0. The summed E-state index contributed by atoms with van der Waals surface area (Å²) in [4.78, 5) is 65.1. The number of esters is 5. The van der Waals surface area contributed by atoms with Crippen LogP contribution in [-0.2, 0) is 47.7 Å². The highest BCUT2D eigenvalue weighted by molar-refractivity contribution is 5.89. The molecule has 1 saturated heterocycles. The molecule has 3 rings (SSSR count). The molecule has 0 radical (unpaired) electrons. The van der Waals surface area contributed by atoms with Crippen LogP contribution in [0.15, 0.2) is 34.4 Å². The van der Waals surface area contributed by atoms with Gasteiger partial charge in [-0.3, -0.25) is 9.59 Å². The Balaban J connectivity index is 2.37. The van der Waals surface area contributed by atoms with Crippen molar-refractivity contribution in [3.63, 3.8) is 0 Å². The smallest absolute Gasteiger partial charge is 0.341 e. The number of aliphatic hydroxyl groups is 2. The lowest BCUT2D eigenvalue weighted by Crippen LogP contribution is -2.64. The number of hydrogen-bond acceptors (Lipinski definition) is 12. The van der Waals surface area contributed by atoms with E-state index in [0.717, 1.165) is 13.8 Å². The van der Waals surface area contributed by atoms with Gasteiger partial charge in [-0.1, -0.05) is 26.0 Å². The molecular weight excluding hydrogens is 576 g/mol. The molecule has 3 aliphatic rings. The van der Waals surface area contributed by atoms with Gasteiger partial charge in [-0.05, 0) is 66.0 Å². The van der Waals surface area contributed by atoms with E-state index in [1.54, 1.807) is 34.6 Å². The van der Waals surface area contributed by atoms with Gasteiger partial charge in [-0.25, -0.2) is 14.4 Å². The molecule has 12 nitrogen and oxygen atoms in total. The first-order valence-corrected chi connectivity index (χ1v) is 14.8. The van der Waals surface area contributed by atoms with Gasteiger partial charge in [0.25, 0.3) is 0 Å². The van der Waals surface area contributed by atoms with E-state index in [9.17, 15) is 34.2 Å². The van der Waals surface area contributed by atoms with Crippen molar-refractivity contribution in [1.82, 2.24) is 0 Å². The van der Waals surface area contributed by atoms with Crippen LogP contribution in [0.2, 0.25) is 0 Å². The second kappa shape index (κ2) is 12.5. The van der Waals surface area contributed by atoms with E-state index in [2.05, 4.69) is 0 Å². The number of carbonyl (C=O) groups excluding carboxylic acids is 5. The van der Waals surface area contributed by atoms with Crippen LogP contribution in [0.3, 0.4) is 0 Å². The fourth-order valence-electron chi connectivity index (χ4n) is 6.15. The Bertz CT molecular complexity index is 1320. The van der Waals surface area contributed by atoms with E-state index in [4.69, 9.17) is 23.7 Å².